The van der Waals surface area contributed by atoms with E-state index in [2.05, 4.69) is 14.8 Å². The zero-order valence-electron chi connectivity index (χ0n) is 13.7. The van der Waals surface area contributed by atoms with Crippen molar-refractivity contribution in [3.8, 4) is 0 Å². The quantitative estimate of drug-likeness (QED) is 0.717. The van der Waals surface area contributed by atoms with Crippen LogP contribution < -0.4 is 10.0 Å². The van der Waals surface area contributed by atoms with Crippen LogP contribution in [0.4, 0.5) is 5.69 Å². The summed E-state index contributed by atoms with van der Waals surface area (Å²) in [6.07, 6.45) is 0.761. The number of rotatable bonds is 7. The molecule has 1 heterocycles. The fourth-order valence-corrected chi connectivity index (χ4v) is 4.47. The molecule has 0 aliphatic rings. The van der Waals surface area contributed by atoms with E-state index < -0.39 is 16.0 Å². The molecule has 0 aliphatic carbocycles. The third kappa shape index (κ3) is 4.37. The predicted molar refractivity (Wildman–Crippen MR) is 95.5 cm³/mol. The van der Waals surface area contributed by atoms with Crippen molar-refractivity contribution in [2.75, 3.05) is 18.4 Å². The molecule has 1 aromatic heterocycles. The summed E-state index contributed by atoms with van der Waals surface area (Å²) in [5, 5.41) is 4.19. The van der Waals surface area contributed by atoms with Gasteiger partial charge in [0.2, 0.25) is 0 Å². The van der Waals surface area contributed by atoms with E-state index >= 15 is 0 Å². The molecule has 0 saturated carbocycles. The van der Waals surface area contributed by atoms with E-state index in [1.54, 1.807) is 12.1 Å². The molecule has 2 rings (SSSR count). The molecule has 0 aliphatic heterocycles. The molecule has 134 valence electrons. The number of thiophene rings is 1. The largest absolute Gasteiger partial charge is 0.465 e. The van der Waals surface area contributed by atoms with Crippen molar-refractivity contribution in [1.29, 1.82) is 0 Å². The molecule has 0 atom stereocenters. The summed E-state index contributed by atoms with van der Waals surface area (Å²) in [4.78, 5) is 23.7. The number of amides is 1. The number of carbonyl (C=O) groups excluding carboxylic acids is 2. The van der Waals surface area contributed by atoms with Crippen LogP contribution in [0.5, 0.6) is 0 Å². The van der Waals surface area contributed by atoms with Gasteiger partial charge in [0.05, 0.1) is 18.4 Å². The lowest BCUT2D eigenvalue weighted by atomic mass is 10.1. The van der Waals surface area contributed by atoms with Gasteiger partial charge < -0.3 is 10.1 Å². The summed E-state index contributed by atoms with van der Waals surface area (Å²) in [6, 6.07) is 7.59. The Kier molecular flexibility index (Phi) is 6.16. The number of esters is 1. The maximum atomic E-state index is 12.6. The molecule has 0 unspecified atom stereocenters. The Morgan fingerprint density at radius 2 is 1.92 bits per heavy atom. The molecule has 0 spiro atoms. The van der Waals surface area contributed by atoms with Crippen molar-refractivity contribution < 1.29 is 22.7 Å². The van der Waals surface area contributed by atoms with Gasteiger partial charge in [0, 0.05) is 6.54 Å². The summed E-state index contributed by atoms with van der Waals surface area (Å²) < 4.78 is 32.3. The lowest BCUT2D eigenvalue weighted by Crippen LogP contribution is -2.26. The molecule has 7 nitrogen and oxygen atoms in total. The van der Waals surface area contributed by atoms with Gasteiger partial charge in [0.1, 0.15) is 9.77 Å². The standard InChI is InChI=1S/C16H18N2O5S2/c1-3-9-17-15(19)11-6-4-5-7-12(11)18-25(21,22)13-8-10-24-14(13)16(20)23-2/h4-8,10,18H,3,9H2,1-2H3,(H,17,19). The Morgan fingerprint density at radius 1 is 1.20 bits per heavy atom. The summed E-state index contributed by atoms with van der Waals surface area (Å²) >= 11 is 0.968. The van der Waals surface area contributed by atoms with Crippen LogP contribution in [0, 0.1) is 0 Å². The van der Waals surface area contributed by atoms with E-state index in [1.807, 2.05) is 6.92 Å². The minimum atomic E-state index is -4.05. The van der Waals surface area contributed by atoms with Crippen molar-refractivity contribution in [2.24, 2.45) is 0 Å². The second-order valence-electron chi connectivity index (χ2n) is 5.01. The molecule has 25 heavy (non-hydrogen) atoms. The molecular formula is C16H18N2O5S2. The number of hydrogen-bond donors (Lipinski definition) is 2. The first kappa shape index (κ1) is 18.9. The number of hydrogen-bond acceptors (Lipinski definition) is 6. The number of ether oxygens (including phenoxy) is 1. The average Bonchev–Trinajstić information content (AvgIpc) is 3.10. The van der Waals surface area contributed by atoms with Crippen LogP contribution in [0.1, 0.15) is 33.4 Å². The van der Waals surface area contributed by atoms with Gasteiger partial charge >= 0.3 is 5.97 Å². The highest BCUT2D eigenvalue weighted by Gasteiger charge is 2.26. The van der Waals surface area contributed by atoms with Gasteiger partial charge in [-0.2, -0.15) is 0 Å². The molecule has 9 heteroatoms. The van der Waals surface area contributed by atoms with Crippen LogP contribution in [-0.2, 0) is 14.8 Å². The van der Waals surface area contributed by atoms with Crippen LogP contribution in [0.3, 0.4) is 0 Å². The number of carbonyl (C=O) groups is 2. The first-order valence-electron chi connectivity index (χ1n) is 7.46. The summed E-state index contributed by atoms with van der Waals surface area (Å²) in [5.74, 6) is -1.11. The maximum Gasteiger partial charge on any atom is 0.349 e. The topological polar surface area (TPSA) is 102 Å². The number of methoxy groups -OCH3 is 1. The van der Waals surface area contributed by atoms with Gasteiger partial charge in [-0.3, -0.25) is 9.52 Å². The number of benzene rings is 1. The zero-order chi connectivity index (χ0) is 18.4. The lowest BCUT2D eigenvalue weighted by molar-refractivity contribution is 0.0602. The molecule has 1 aromatic carbocycles. The summed E-state index contributed by atoms with van der Waals surface area (Å²) in [6.45, 7) is 2.40. The molecule has 1 amide bonds. The van der Waals surface area contributed by atoms with Gasteiger partial charge in [-0.05, 0) is 30.0 Å². The van der Waals surface area contributed by atoms with E-state index in [0.29, 0.717) is 6.54 Å². The van der Waals surface area contributed by atoms with E-state index in [0.717, 1.165) is 17.8 Å². The van der Waals surface area contributed by atoms with E-state index in [-0.39, 0.29) is 26.9 Å². The number of sulfonamides is 1. The number of nitrogens with one attached hydrogen (secondary N) is 2. The lowest BCUT2D eigenvalue weighted by Gasteiger charge is -2.12. The highest BCUT2D eigenvalue weighted by molar-refractivity contribution is 7.93. The Balaban J connectivity index is 2.35. The first-order chi connectivity index (χ1) is 11.9. The van der Waals surface area contributed by atoms with Gasteiger partial charge in [-0.15, -0.1) is 11.3 Å². The molecule has 2 N–H and O–H groups in total. The Hall–Kier alpha value is -2.39. The number of para-hydroxylation sites is 1. The highest BCUT2D eigenvalue weighted by Crippen LogP contribution is 2.26. The van der Waals surface area contributed by atoms with Crippen LogP contribution in [0.2, 0.25) is 0 Å². The van der Waals surface area contributed by atoms with Crippen LogP contribution >= 0.6 is 11.3 Å². The molecule has 0 radical (unpaired) electrons. The van der Waals surface area contributed by atoms with Crippen molar-refractivity contribution >= 4 is 38.9 Å². The molecule has 0 fully saturated rings. The molecule has 0 bridgehead atoms. The van der Waals surface area contributed by atoms with E-state index in [1.165, 1.54) is 30.7 Å². The summed E-state index contributed by atoms with van der Waals surface area (Å²) in [7, 11) is -2.87. The SMILES string of the molecule is CCCNC(=O)c1ccccc1NS(=O)(=O)c1ccsc1C(=O)OC. The van der Waals surface area contributed by atoms with Crippen LogP contribution in [0.15, 0.2) is 40.6 Å². The minimum absolute atomic E-state index is 0.0251. The normalized spacial score (nSPS) is 11.0. The second kappa shape index (κ2) is 8.13. The van der Waals surface area contributed by atoms with Crippen molar-refractivity contribution in [1.82, 2.24) is 5.32 Å². The second-order valence-corrected chi connectivity index (χ2v) is 7.58. The van der Waals surface area contributed by atoms with Crippen molar-refractivity contribution in [2.45, 2.75) is 18.2 Å². The van der Waals surface area contributed by atoms with E-state index in [4.69, 9.17) is 0 Å². The fraction of sp³-hybridized carbons (Fsp3) is 0.250. The van der Waals surface area contributed by atoms with Gasteiger partial charge in [0.25, 0.3) is 15.9 Å². The van der Waals surface area contributed by atoms with Gasteiger partial charge in [-0.25, -0.2) is 13.2 Å². The number of anilines is 1. The third-order valence-electron chi connectivity index (χ3n) is 3.24. The third-order valence-corrected chi connectivity index (χ3v) is 5.67. The van der Waals surface area contributed by atoms with Gasteiger partial charge in [0.15, 0.2) is 0 Å². The maximum absolute atomic E-state index is 12.6. The highest BCUT2D eigenvalue weighted by atomic mass is 32.2. The Bertz CT molecular complexity index is 874. The summed E-state index contributed by atoms with van der Waals surface area (Å²) in [5.41, 5.74) is 0.340. The average molecular weight is 382 g/mol. The Labute approximate surface area is 150 Å². The smallest absolute Gasteiger partial charge is 0.349 e. The van der Waals surface area contributed by atoms with Gasteiger partial charge in [-0.1, -0.05) is 19.1 Å². The fourth-order valence-electron chi connectivity index (χ4n) is 2.05. The molecule has 2 aromatic rings. The minimum Gasteiger partial charge on any atom is -0.465 e. The monoisotopic (exact) mass is 382 g/mol. The first-order valence-corrected chi connectivity index (χ1v) is 9.82. The van der Waals surface area contributed by atoms with Crippen LogP contribution in [0.25, 0.3) is 0 Å². The molecule has 0 saturated heterocycles. The van der Waals surface area contributed by atoms with E-state index in [9.17, 15) is 18.0 Å². The van der Waals surface area contributed by atoms with Crippen molar-refractivity contribution in [3.63, 3.8) is 0 Å². The van der Waals surface area contributed by atoms with Crippen LogP contribution in [-0.4, -0.2) is 33.9 Å². The molecular weight excluding hydrogens is 364 g/mol. The van der Waals surface area contributed by atoms with Crippen molar-refractivity contribution in [3.05, 3.63) is 46.2 Å². The Morgan fingerprint density at radius 3 is 2.60 bits per heavy atom. The predicted octanol–water partition coefficient (Wildman–Crippen LogP) is 2.48. The zero-order valence-corrected chi connectivity index (χ0v) is 15.4.